The number of rotatable bonds is 1. The normalized spacial score (nSPS) is 27.0. The Morgan fingerprint density at radius 3 is 2.60 bits per heavy atom. The second-order valence-electron chi connectivity index (χ2n) is 4.40. The van der Waals surface area contributed by atoms with Crippen molar-refractivity contribution in [3.8, 4) is 0 Å². The molecule has 0 aliphatic carbocycles. The Hall–Kier alpha value is -1.16. The highest BCUT2D eigenvalue weighted by atomic mass is 16.1. The molecule has 2 unspecified atom stereocenters. The Labute approximate surface area is 89.5 Å². The number of H-pyrrole nitrogens is 1. The number of piperidine rings is 1. The molecule has 1 saturated heterocycles. The molecule has 0 radical (unpaired) electrons. The van der Waals surface area contributed by atoms with Crippen LogP contribution in [0.1, 0.15) is 43.0 Å². The first-order valence-electron chi connectivity index (χ1n) is 5.37. The zero-order chi connectivity index (χ0) is 11.0. The fourth-order valence-corrected chi connectivity index (χ4v) is 2.26. The van der Waals surface area contributed by atoms with Crippen LogP contribution in [0.4, 0.5) is 0 Å². The summed E-state index contributed by atoms with van der Waals surface area (Å²) in [6.45, 7) is 5.98. The second-order valence-corrected chi connectivity index (χ2v) is 4.40. The molecule has 4 heteroatoms. The maximum absolute atomic E-state index is 11.5. The fraction of sp³-hybridized carbons (Fsp3) is 0.636. The minimum atomic E-state index is 0.0891. The van der Waals surface area contributed by atoms with E-state index in [0.717, 1.165) is 17.2 Å². The minimum Gasteiger partial charge on any atom is -0.346 e. The number of aromatic nitrogens is 2. The number of ketones is 1. The summed E-state index contributed by atoms with van der Waals surface area (Å²) < 4.78 is 0. The molecule has 1 aliphatic rings. The number of Topliss-reactive ketones (excluding diaryl/α,β-unsaturated/α-hetero) is 1. The van der Waals surface area contributed by atoms with Gasteiger partial charge in [0.2, 0.25) is 0 Å². The maximum Gasteiger partial charge on any atom is 0.136 e. The van der Waals surface area contributed by atoms with Crippen LogP contribution >= 0.6 is 0 Å². The van der Waals surface area contributed by atoms with Gasteiger partial charge in [0.1, 0.15) is 11.6 Å². The number of hydrogen-bond acceptors (Lipinski definition) is 3. The lowest BCUT2D eigenvalue weighted by molar-refractivity contribution is -0.121. The van der Waals surface area contributed by atoms with Crippen molar-refractivity contribution in [2.45, 2.75) is 45.7 Å². The van der Waals surface area contributed by atoms with Crippen molar-refractivity contribution < 1.29 is 4.79 Å². The van der Waals surface area contributed by atoms with E-state index in [1.807, 2.05) is 20.8 Å². The summed E-state index contributed by atoms with van der Waals surface area (Å²) in [7, 11) is 0. The lowest BCUT2D eigenvalue weighted by Gasteiger charge is -2.27. The van der Waals surface area contributed by atoms with Crippen LogP contribution in [0, 0.1) is 13.8 Å². The highest BCUT2D eigenvalue weighted by Gasteiger charge is 2.27. The molecule has 1 aromatic rings. The molecule has 2 rings (SSSR count). The first-order valence-corrected chi connectivity index (χ1v) is 5.37. The van der Waals surface area contributed by atoms with E-state index in [0.29, 0.717) is 18.6 Å². The van der Waals surface area contributed by atoms with Crippen LogP contribution in [0.25, 0.3) is 0 Å². The predicted molar refractivity (Wildman–Crippen MR) is 57.6 cm³/mol. The molecule has 4 nitrogen and oxygen atoms in total. The second kappa shape index (κ2) is 3.77. The van der Waals surface area contributed by atoms with Crippen LogP contribution in [-0.2, 0) is 4.79 Å². The van der Waals surface area contributed by atoms with Gasteiger partial charge in [0.15, 0.2) is 0 Å². The number of aryl methyl sites for hydroxylation is 2. The number of aromatic amines is 1. The van der Waals surface area contributed by atoms with Gasteiger partial charge in [0.05, 0.1) is 11.7 Å². The average Bonchev–Trinajstić information content (AvgIpc) is 2.43. The highest BCUT2D eigenvalue weighted by molar-refractivity contribution is 5.80. The Morgan fingerprint density at radius 2 is 2.07 bits per heavy atom. The van der Waals surface area contributed by atoms with Crippen LogP contribution in [0.5, 0.6) is 0 Å². The molecule has 2 atom stereocenters. The van der Waals surface area contributed by atoms with Crippen molar-refractivity contribution in [2.24, 2.45) is 0 Å². The van der Waals surface area contributed by atoms with Gasteiger partial charge in [-0.2, -0.15) is 0 Å². The molecule has 1 aromatic heterocycles. The Morgan fingerprint density at radius 1 is 1.33 bits per heavy atom. The van der Waals surface area contributed by atoms with Gasteiger partial charge in [0, 0.05) is 24.6 Å². The van der Waals surface area contributed by atoms with E-state index in [9.17, 15) is 4.79 Å². The quantitative estimate of drug-likeness (QED) is 0.732. The number of imidazole rings is 1. The van der Waals surface area contributed by atoms with Gasteiger partial charge < -0.3 is 10.3 Å². The summed E-state index contributed by atoms with van der Waals surface area (Å²) in [5.74, 6) is 1.24. The lowest BCUT2D eigenvalue weighted by atomic mass is 9.95. The molecule has 0 amide bonds. The minimum absolute atomic E-state index is 0.0891. The first kappa shape index (κ1) is 10.4. The number of carbonyl (C=O) groups is 1. The summed E-state index contributed by atoms with van der Waals surface area (Å²) in [5, 5.41) is 3.41. The maximum atomic E-state index is 11.5. The van der Waals surface area contributed by atoms with Crippen molar-refractivity contribution in [3.05, 3.63) is 17.2 Å². The van der Waals surface area contributed by atoms with Gasteiger partial charge in [-0.25, -0.2) is 4.98 Å². The van der Waals surface area contributed by atoms with Crippen molar-refractivity contribution in [1.82, 2.24) is 15.3 Å². The first-order chi connectivity index (χ1) is 7.06. The molecular weight excluding hydrogens is 190 g/mol. The highest BCUT2D eigenvalue weighted by Crippen LogP contribution is 2.24. The molecule has 0 saturated carbocycles. The zero-order valence-corrected chi connectivity index (χ0v) is 9.42. The summed E-state index contributed by atoms with van der Waals surface area (Å²) in [4.78, 5) is 19.1. The van der Waals surface area contributed by atoms with Gasteiger partial charge >= 0.3 is 0 Å². The van der Waals surface area contributed by atoms with Crippen molar-refractivity contribution in [1.29, 1.82) is 0 Å². The molecule has 0 aromatic carbocycles. The van der Waals surface area contributed by atoms with Crippen LogP contribution in [0.2, 0.25) is 0 Å². The third-order valence-corrected chi connectivity index (χ3v) is 2.82. The van der Waals surface area contributed by atoms with E-state index in [1.165, 1.54) is 0 Å². The molecule has 82 valence electrons. The number of hydrogen-bond donors (Lipinski definition) is 2. The zero-order valence-electron chi connectivity index (χ0n) is 9.42. The lowest BCUT2D eigenvalue weighted by Crippen LogP contribution is -2.39. The van der Waals surface area contributed by atoms with E-state index in [-0.39, 0.29) is 12.1 Å². The van der Waals surface area contributed by atoms with Gasteiger partial charge in [0.25, 0.3) is 0 Å². The van der Waals surface area contributed by atoms with Crippen molar-refractivity contribution in [3.63, 3.8) is 0 Å². The van der Waals surface area contributed by atoms with Crippen LogP contribution < -0.4 is 5.32 Å². The SMILES string of the molecule is Cc1nc(C2CC(=O)CC(C)N2)c(C)[nH]1. The molecule has 1 aliphatic heterocycles. The molecule has 1 fully saturated rings. The van der Waals surface area contributed by atoms with Gasteiger partial charge in [-0.1, -0.05) is 0 Å². The van der Waals surface area contributed by atoms with Gasteiger partial charge in [-0.15, -0.1) is 0 Å². The number of nitrogens with zero attached hydrogens (tertiary/aromatic N) is 1. The summed E-state index contributed by atoms with van der Waals surface area (Å²) in [6.07, 6.45) is 1.20. The summed E-state index contributed by atoms with van der Waals surface area (Å²) >= 11 is 0. The third-order valence-electron chi connectivity index (χ3n) is 2.82. The van der Waals surface area contributed by atoms with Gasteiger partial charge in [-0.3, -0.25) is 4.79 Å². The number of carbonyl (C=O) groups excluding carboxylic acids is 1. The molecule has 0 bridgehead atoms. The van der Waals surface area contributed by atoms with E-state index in [4.69, 9.17) is 0 Å². The van der Waals surface area contributed by atoms with E-state index in [1.54, 1.807) is 0 Å². The standard InChI is InChI=1S/C11H17N3O/c1-6-4-9(15)5-10(12-6)11-7(2)13-8(3)14-11/h6,10,12H,4-5H2,1-3H3,(H,13,14). The van der Waals surface area contributed by atoms with Crippen molar-refractivity contribution in [2.75, 3.05) is 0 Å². The molecule has 2 N–H and O–H groups in total. The summed E-state index contributed by atoms with van der Waals surface area (Å²) in [5.41, 5.74) is 2.05. The third kappa shape index (κ3) is 2.09. The van der Waals surface area contributed by atoms with E-state index < -0.39 is 0 Å². The van der Waals surface area contributed by atoms with Crippen LogP contribution in [-0.4, -0.2) is 21.8 Å². The smallest absolute Gasteiger partial charge is 0.136 e. The van der Waals surface area contributed by atoms with Crippen LogP contribution in [0.3, 0.4) is 0 Å². The van der Waals surface area contributed by atoms with Crippen LogP contribution in [0.15, 0.2) is 0 Å². The summed E-state index contributed by atoms with van der Waals surface area (Å²) in [6, 6.07) is 0.346. The fourth-order valence-electron chi connectivity index (χ4n) is 2.26. The van der Waals surface area contributed by atoms with E-state index in [2.05, 4.69) is 15.3 Å². The van der Waals surface area contributed by atoms with E-state index >= 15 is 0 Å². The Bertz CT molecular complexity index is 383. The molecular formula is C11H17N3O. The Balaban J connectivity index is 2.23. The largest absolute Gasteiger partial charge is 0.346 e. The molecule has 2 heterocycles. The Kier molecular flexibility index (Phi) is 2.61. The van der Waals surface area contributed by atoms with Gasteiger partial charge in [-0.05, 0) is 20.8 Å². The molecule has 15 heavy (non-hydrogen) atoms. The predicted octanol–water partition coefficient (Wildman–Crippen LogP) is 1.41. The average molecular weight is 207 g/mol. The van der Waals surface area contributed by atoms with Crippen molar-refractivity contribution >= 4 is 5.78 Å². The number of nitrogens with one attached hydrogen (secondary N) is 2. The topological polar surface area (TPSA) is 57.8 Å². The monoisotopic (exact) mass is 207 g/mol. The molecule has 0 spiro atoms.